The molecule has 0 saturated heterocycles. The van der Waals surface area contributed by atoms with Crippen molar-refractivity contribution in [1.82, 2.24) is 0 Å². The highest BCUT2D eigenvalue weighted by atomic mass is 35.5. The molecule has 0 amide bonds. The maximum Gasteiger partial charge on any atom is 0.124 e. The quantitative estimate of drug-likeness (QED) is 0.855. The van der Waals surface area contributed by atoms with E-state index in [1.54, 1.807) is 7.11 Å². The largest absolute Gasteiger partial charge is 0.496 e. The van der Waals surface area contributed by atoms with Gasteiger partial charge in [0, 0.05) is 16.1 Å². The summed E-state index contributed by atoms with van der Waals surface area (Å²) in [4.78, 5) is 0. The fraction of sp³-hybridized carbons (Fsp3) is 0.647. The highest BCUT2D eigenvalue weighted by molar-refractivity contribution is 6.30. The lowest BCUT2D eigenvalue weighted by molar-refractivity contribution is 0.132. The van der Waals surface area contributed by atoms with Crippen LogP contribution in [0.1, 0.15) is 52.0 Å². The van der Waals surface area contributed by atoms with E-state index >= 15 is 0 Å². The molecule has 20 heavy (non-hydrogen) atoms. The summed E-state index contributed by atoms with van der Waals surface area (Å²) < 4.78 is 5.47. The van der Waals surface area contributed by atoms with E-state index in [4.69, 9.17) is 22.1 Å². The van der Waals surface area contributed by atoms with Crippen molar-refractivity contribution in [3.8, 4) is 5.75 Å². The van der Waals surface area contributed by atoms with Gasteiger partial charge in [0.25, 0.3) is 0 Å². The second kappa shape index (κ2) is 5.57. The van der Waals surface area contributed by atoms with Gasteiger partial charge < -0.3 is 10.5 Å². The van der Waals surface area contributed by atoms with Crippen LogP contribution in [0.2, 0.25) is 5.02 Å². The summed E-state index contributed by atoms with van der Waals surface area (Å²) in [5.41, 5.74) is 7.80. The summed E-state index contributed by atoms with van der Waals surface area (Å²) >= 11 is 6.15. The van der Waals surface area contributed by atoms with Crippen LogP contribution in [-0.4, -0.2) is 7.11 Å². The number of hydrogen-bond donors (Lipinski definition) is 1. The molecule has 1 aliphatic carbocycles. The number of rotatable bonds is 2. The molecule has 1 saturated carbocycles. The molecule has 2 N–H and O–H groups in total. The van der Waals surface area contributed by atoms with Crippen molar-refractivity contribution in [2.45, 2.75) is 52.0 Å². The number of nitrogens with two attached hydrogens (primary N) is 1. The lowest BCUT2D eigenvalue weighted by atomic mass is 9.66. The molecule has 1 aliphatic rings. The molecule has 0 radical (unpaired) electrons. The van der Waals surface area contributed by atoms with E-state index in [2.05, 4.69) is 20.8 Å². The first kappa shape index (κ1) is 15.7. The van der Waals surface area contributed by atoms with Gasteiger partial charge in [-0.1, -0.05) is 32.4 Å². The normalized spacial score (nSPS) is 27.4. The fourth-order valence-electron chi connectivity index (χ4n) is 3.34. The molecule has 0 spiro atoms. The highest BCUT2D eigenvalue weighted by Crippen LogP contribution is 2.46. The Morgan fingerprint density at radius 2 is 1.85 bits per heavy atom. The molecule has 1 aromatic rings. The van der Waals surface area contributed by atoms with Crippen molar-refractivity contribution in [2.75, 3.05) is 7.11 Å². The van der Waals surface area contributed by atoms with Gasteiger partial charge in [-0.15, -0.1) is 0 Å². The topological polar surface area (TPSA) is 35.2 Å². The Bertz CT molecular complexity index is 470. The molecule has 112 valence electrons. The molecule has 0 bridgehead atoms. The zero-order chi connectivity index (χ0) is 15.0. The number of halogens is 1. The van der Waals surface area contributed by atoms with Crippen LogP contribution in [-0.2, 0) is 5.54 Å². The van der Waals surface area contributed by atoms with Crippen LogP contribution in [0.4, 0.5) is 0 Å². The van der Waals surface area contributed by atoms with E-state index in [1.165, 1.54) is 0 Å². The Hall–Kier alpha value is -0.730. The summed E-state index contributed by atoms with van der Waals surface area (Å²) in [7, 11) is 1.69. The number of methoxy groups -OCH3 is 1. The molecule has 0 aliphatic heterocycles. The first-order valence-electron chi connectivity index (χ1n) is 7.39. The van der Waals surface area contributed by atoms with E-state index in [-0.39, 0.29) is 5.54 Å². The van der Waals surface area contributed by atoms with Gasteiger partial charge in [-0.05, 0) is 55.2 Å². The maximum absolute atomic E-state index is 6.69. The maximum atomic E-state index is 6.69. The number of hydrogen-bond acceptors (Lipinski definition) is 2. The predicted molar refractivity (Wildman–Crippen MR) is 85.3 cm³/mol. The third kappa shape index (κ3) is 3.12. The number of ether oxygens (including phenoxy) is 1. The van der Waals surface area contributed by atoms with E-state index in [9.17, 15) is 0 Å². The van der Waals surface area contributed by atoms with Crippen LogP contribution in [0, 0.1) is 11.3 Å². The molecule has 0 atom stereocenters. The SMILES string of the molecule is COc1ccc(Cl)cc1C1(N)CCC(C(C)(C)C)CC1. The Morgan fingerprint density at radius 3 is 2.35 bits per heavy atom. The van der Waals surface area contributed by atoms with Gasteiger partial charge in [0.05, 0.1) is 7.11 Å². The monoisotopic (exact) mass is 295 g/mol. The Morgan fingerprint density at radius 1 is 1.25 bits per heavy atom. The second-order valence-electron chi connectivity index (χ2n) is 7.14. The van der Waals surface area contributed by atoms with Crippen LogP contribution in [0.5, 0.6) is 5.75 Å². The minimum atomic E-state index is -0.308. The lowest BCUT2D eigenvalue weighted by Gasteiger charge is -2.42. The molecule has 1 fully saturated rings. The zero-order valence-electron chi connectivity index (χ0n) is 13.0. The summed E-state index contributed by atoms with van der Waals surface area (Å²) in [6.07, 6.45) is 4.31. The summed E-state index contributed by atoms with van der Waals surface area (Å²) in [5, 5.41) is 0.726. The zero-order valence-corrected chi connectivity index (χ0v) is 13.8. The van der Waals surface area contributed by atoms with E-state index in [0.29, 0.717) is 5.41 Å². The van der Waals surface area contributed by atoms with Crippen molar-refractivity contribution in [2.24, 2.45) is 17.1 Å². The smallest absolute Gasteiger partial charge is 0.124 e. The third-order valence-electron chi connectivity index (χ3n) is 4.80. The summed E-state index contributed by atoms with van der Waals surface area (Å²) in [6, 6.07) is 5.74. The third-order valence-corrected chi connectivity index (χ3v) is 5.04. The van der Waals surface area contributed by atoms with Gasteiger partial charge in [-0.2, -0.15) is 0 Å². The first-order valence-corrected chi connectivity index (χ1v) is 7.77. The van der Waals surface area contributed by atoms with E-state index in [0.717, 1.165) is 47.9 Å². The standard InChI is InChI=1S/C17H26ClNO/c1-16(2,3)12-7-9-17(19,10-8-12)14-11-13(18)5-6-15(14)20-4/h5-6,11-12H,7-10,19H2,1-4H3. The van der Waals surface area contributed by atoms with Crippen LogP contribution >= 0.6 is 11.6 Å². The molecule has 2 nitrogen and oxygen atoms in total. The predicted octanol–water partition coefficient (Wildman–Crippen LogP) is 4.74. The summed E-state index contributed by atoms with van der Waals surface area (Å²) in [6.45, 7) is 6.96. The van der Waals surface area contributed by atoms with Gasteiger partial charge in [0.2, 0.25) is 0 Å². The van der Waals surface area contributed by atoms with Crippen molar-refractivity contribution >= 4 is 11.6 Å². The molecule has 1 aromatic carbocycles. The van der Waals surface area contributed by atoms with Crippen LogP contribution in [0.3, 0.4) is 0 Å². The average molecular weight is 296 g/mol. The molecule has 0 heterocycles. The average Bonchev–Trinajstić information content (AvgIpc) is 2.38. The second-order valence-corrected chi connectivity index (χ2v) is 7.58. The van der Waals surface area contributed by atoms with Crippen molar-refractivity contribution < 1.29 is 4.74 Å². The molecular weight excluding hydrogens is 270 g/mol. The van der Waals surface area contributed by atoms with Crippen LogP contribution < -0.4 is 10.5 Å². The molecule has 0 unspecified atom stereocenters. The van der Waals surface area contributed by atoms with Crippen LogP contribution in [0.25, 0.3) is 0 Å². The Kier molecular flexibility index (Phi) is 4.36. The Labute approximate surface area is 127 Å². The van der Waals surface area contributed by atoms with E-state index < -0.39 is 0 Å². The Balaban J connectivity index is 2.24. The van der Waals surface area contributed by atoms with Gasteiger partial charge in [-0.3, -0.25) is 0 Å². The fourth-order valence-corrected chi connectivity index (χ4v) is 3.51. The minimum Gasteiger partial charge on any atom is -0.496 e. The van der Waals surface area contributed by atoms with Gasteiger partial charge in [-0.25, -0.2) is 0 Å². The lowest BCUT2D eigenvalue weighted by Crippen LogP contribution is -2.42. The van der Waals surface area contributed by atoms with Crippen molar-refractivity contribution in [3.05, 3.63) is 28.8 Å². The van der Waals surface area contributed by atoms with Gasteiger partial charge in [0.1, 0.15) is 5.75 Å². The summed E-state index contributed by atoms with van der Waals surface area (Å²) in [5.74, 6) is 1.59. The van der Waals surface area contributed by atoms with E-state index in [1.807, 2.05) is 18.2 Å². The minimum absolute atomic E-state index is 0.308. The molecule has 3 heteroatoms. The van der Waals surface area contributed by atoms with Crippen LogP contribution in [0.15, 0.2) is 18.2 Å². The van der Waals surface area contributed by atoms with Gasteiger partial charge >= 0.3 is 0 Å². The first-order chi connectivity index (χ1) is 9.26. The van der Waals surface area contributed by atoms with Crippen molar-refractivity contribution in [1.29, 1.82) is 0 Å². The molecule has 2 rings (SSSR count). The molecular formula is C17H26ClNO. The molecule has 0 aromatic heterocycles. The van der Waals surface area contributed by atoms with Crippen molar-refractivity contribution in [3.63, 3.8) is 0 Å². The van der Waals surface area contributed by atoms with Gasteiger partial charge in [0.15, 0.2) is 0 Å². The highest BCUT2D eigenvalue weighted by Gasteiger charge is 2.38. The number of benzene rings is 1.